The standard InChI is InChI=1S/C10H18O3S/c1-8-4-2-3-5-10(8,9(12)13)14-7-6-11/h8,11H,2-7H2,1H3,(H,12,13). The summed E-state index contributed by atoms with van der Waals surface area (Å²) in [6.45, 7) is 2.07. The zero-order chi connectivity index (χ0) is 10.6. The van der Waals surface area contributed by atoms with Crippen LogP contribution in [0.25, 0.3) is 0 Å². The minimum absolute atomic E-state index is 0.0619. The van der Waals surface area contributed by atoms with E-state index in [-0.39, 0.29) is 12.5 Å². The van der Waals surface area contributed by atoms with Crippen molar-refractivity contribution in [1.29, 1.82) is 0 Å². The zero-order valence-corrected chi connectivity index (χ0v) is 9.35. The van der Waals surface area contributed by atoms with Gasteiger partial charge in [-0.2, -0.15) is 0 Å². The van der Waals surface area contributed by atoms with E-state index in [9.17, 15) is 9.90 Å². The second-order valence-electron chi connectivity index (χ2n) is 3.91. The van der Waals surface area contributed by atoms with Gasteiger partial charge in [-0.15, -0.1) is 11.8 Å². The van der Waals surface area contributed by atoms with Crippen LogP contribution in [-0.4, -0.2) is 33.3 Å². The van der Waals surface area contributed by atoms with Crippen LogP contribution in [0.5, 0.6) is 0 Å². The molecule has 0 aliphatic heterocycles. The molecular weight excluding hydrogens is 200 g/mol. The Hall–Kier alpha value is -0.220. The molecule has 3 nitrogen and oxygen atoms in total. The molecule has 1 aliphatic rings. The fraction of sp³-hybridized carbons (Fsp3) is 0.900. The van der Waals surface area contributed by atoms with Gasteiger partial charge >= 0.3 is 5.97 Å². The molecule has 2 atom stereocenters. The van der Waals surface area contributed by atoms with E-state index in [2.05, 4.69) is 0 Å². The lowest BCUT2D eigenvalue weighted by Gasteiger charge is -2.38. The highest BCUT2D eigenvalue weighted by Crippen LogP contribution is 2.44. The summed E-state index contributed by atoms with van der Waals surface area (Å²) >= 11 is 1.41. The molecule has 0 spiro atoms. The highest BCUT2D eigenvalue weighted by Gasteiger charge is 2.45. The van der Waals surface area contributed by atoms with Gasteiger partial charge in [0.25, 0.3) is 0 Å². The molecule has 1 saturated carbocycles. The Kier molecular flexibility index (Phi) is 4.26. The van der Waals surface area contributed by atoms with Crippen molar-refractivity contribution in [3.05, 3.63) is 0 Å². The van der Waals surface area contributed by atoms with Gasteiger partial charge in [-0.25, -0.2) is 0 Å². The van der Waals surface area contributed by atoms with Crippen LogP contribution in [-0.2, 0) is 4.79 Å². The molecule has 82 valence electrons. The number of hydrogen-bond donors (Lipinski definition) is 2. The van der Waals surface area contributed by atoms with Crippen LogP contribution in [0.3, 0.4) is 0 Å². The number of thioether (sulfide) groups is 1. The van der Waals surface area contributed by atoms with Crippen molar-refractivity contribution in [2.75, 3.05) is 12.4 Å². The van der Waals surface area contributed by atoms with E-state index in [4.69, 9.17) is 5.11 Å². The molecule has 0 radical (unpaired) electrons. The van der Waals surface area contributed by atoms with Crippen molar-refractivity contribution >= 4 is 17.7 Å². The van der Waals surface area contributed by atoms with Crippen LogP contribution in [0, 0.1) is 5.92 Å². The highest BCUT2D eigenvalue weighted by molar-refractivity contribution is 8.01. The molecule has 1 fully saturated rings. The number of carboxylic acid groups (broad SMARTS) is 1. The molecule has 2 N–H and O–H groups in total. The molecule has 0 heterocycles. The topological polar surface area (TPSA) is 57.5 Å². The summed E-state index contributed by atoms with van der Waals surface area (Å²) in [6, 6.07) is 0. The molecule has 0 amide bonds. The molecule has 2 unspecified atom stereocenters. The molecule has 0 saturated heterocycles. The predicted octanol–water partition coefficient (Wildman–Crippen LogP) is 1.75. The fourth-order valence-corrected chi connectivity index (χ4v) is 3.41. The van der Waals surface area contributed by atoms with E-state index in [1.165, 1.54) is 11.8 Å². The SMILES string of the molecule is CC1CCCCC1(SCCO)C(=O)O. The van der Waals surface area contributed by atoms with Crippen LogP contribution in [0.4, 0.5) is 0 Å². The molecule has 1 aliphatic carbocycles. The van der Waals surface area contributed by atoms with Crippen LogP contribution in [0.2, 0.25) is 0 Å². The Morgan fingerprint density at radius 1 is 1.57 bits per heavy atom. The summed E-state index contributed by atoms with van der Waals surface area (Å²) in [4.78, 5) is 11.3. The largest absolute Gasteiger partial charge is 0.480 e. The maximum atomic E-state index is 11.3. The summed E-state index contributed by atoms with van der Waals surface area (Å²) in [5.74, 6) is 0.0323. The van der Waals surface area contributed by atoms with E-state index in [1.807, 2.05) is 6.92 Å². The molecule has 0 bridgehead atoms. The van der Waals surface area contributed by atoms with Gasteiger partial charge in [-0.1, -0.05) is 19.8 Å². The van der Waals surface area contributed by atoms with Crippen molar-refractivity contribution in [2.45, 2.75) is 37.4 Å². The Labute approximate surface area is 88.9 Å². The second kappa shape index (κ2) is 5.03. The monoisotopic (exact) mass is 218 g/mol. The Balaban J connectivity index is 2.72. The average Bonchev–Trinajstić information content (AvgIpc) is 2.16. The first kappa shape index (κ1) is 11.9. The smallest absolute Gasteiger partial charge is 0.320 e. The molecule has 0 aromatic heterocycles. The zero-order valence-electron chi connectivity index (χ0n) is 8.53. The molecule has 14 heavy (non-hydrogen) atoms. The molecule has 0 aromatic rings. The molecule has 4 heteroatoms. The highest BCUT2D eigenvalue weighted by atomic mass is 32.2. The van der Waals surface area contributed by atoms with Crippen molar-refractivity contribution in [3.63, 3.8) is 0 Å². The minimum Gasteiger partial charge on any atom is -0.480 e. The van der Waals surface area contributed by atoms with Crippen molar-refractivity contribution in [2.24, 2.45) is 5.92 Å². The number of aliphatic hydroxyl groups is 1. The van der Waals surface area contributed by atoms with Crippen molar-refractivity contribution < 1.29 is 15.0 Å². The third-order valence-corrected chi connectivity index (χ3v) is 4.73. The third kappa shape index (κ3) is 2.23. The normalized spacial score (nSPS) is 32.9. The van der Waals surface area contributed by atoms with E-state index < -0.39 is 10.7 Å². The van der Waals surface area contributed by atoms with E-state index >= 15 is 0 Å². The number of aliphatic hydroxyl groups excluding tert-OH is 1. The lowest BCUT2D eigenvalue weighted by Crippen LogP contribution is -2.44. The maximum Gasteiger partial charge on any atom is 0.320 e. The summed E-state index contributed by atoms with van der Waals surface area (Å²) < 4.78 is -0.638. The van der Waals surface area contributed by atoms with Crippen LogP contribution >= 0.6 is 11.8 Å². The first-order chi connectivity index (χ1) is 6.63. The number of aliphatic carboxylic acids is 1. The summed E-state index contributed by atoms with van der Waals surface area (Å²) in [6.07, 6.45) is 3.86. The van der Waals surface area contributed by atoms with Crippen LogP contribution < -0.4 is 0 Å². The summed E-state index contributed by atoms with van der Waals surface area (Å²) in [7, 11) is 0. The predicted molar refractivity (Wildman–Crippen MR) is 57.5 cm³/mol. The van der Waals surface area contributed by atoms with E-state index in [1.54, 1.807) is 0 Å². The van der Waals surface area contributed by atoms with Gasteiger partial charge in [0.1, 0.15) is 4.75 Å². The quantitative estimate of drug-likeness (QED) is 0.754. The second-order valence-corrected chi connectivity index (χ2v) is 5.34. The lowest BCUT2D eigenvalue weighted by molar-refractivity contribution is -0.142. The van der Waals surface area contributed by atoms with Gasteiger partial charge in [0.15, 0.2) is 0 Å². The minimum atomic E-state index is -0.705. The first-order valence-electron chi connectivity index (χ1n) is 5.11. The maximum absolute atomic E-state index is 11.3. The van der Waals surface area contributed by atoms with E-state index in [0.717, 1.165) is 25.7 Å². The summed E-state index contributed by atoms with van der Waals surface area (Å²) in [5, 5.41) is 18.0. The van der Waals surface area contributed by atoms with Gasteiger partial charge in [0.2, 0.25) is 0 Å². The fourth-order valence-electron chi connectivity index (χ4n) is 2.14. The Morgan fingerprint density at radius 2 is 2.29 bits per heavy atom. The first-order valence-corrected chi connectivity index (χ1v) is 6.10. The number of carboxylic acids is 1. The number of rotatable bonds is 4. The van der Waals surface area contributed by atoms with Gasteiger partial charge in [0, 0.05) is 5.75 Å². The van der Waals surface area contributed by atoms with Crippen LogP contribution in [0.15, 0.2) is 0 Å². The van der Waals surface area contributed by atoms with Gasteiger partial charge in [0.05, 0.1) is 6.61 Å². The lowest BCUT2D eigenvalue weighted by atomic mass is 9.79. The molecule has 0 aromatic carbocycles. The summed E-state index contributed by atoms with van der Waals surface area (Å²) in [5.41, 5.74) is 0. The molecular formula is C10H18O3S. The molecule has 1 rings (SSSR count). The van der Waals surface area contributed by atoms with Gasteiger partial charge < -0.3 is 10.2 Å². The number of carbonyl (C=O) groups is 1. The van der Waals surface area contributed by atoms with Crippen LogP contribution in [0.1, 0.15) is 32.6 Å². The number of hydrogen-bond acceptors (Lipinski definition) is 3. The Morgan fingerprint density at radius 3 is 2.79 bits per heavy atom. The van der Waals surface area contributed by atoms with E-state index in [0.29, 0.717) is 5.75 Å². The van der Waals surface area contributed by atoms with Gasteiger partial charge in [-0.3, -0.25) is 4.79 Å². The van der Waals surface area contributed by atoms with Gasteiger partial charge in [-0.05, 0) is 18.8 Å². The Bertz CT molecular complexity index is 208. The third-order valence-electron chi connectivity index (χ3n) is 3.04. The van der Waals surface area contributed by atoms with Crippen molar-refractivity contribution in [1.82, 2.24) is 0 Å². The average molecular weight is 218 g/mol. The van der Waals surface area contributed by atoms with Crippen molar-refractivity contribution in [3.8, 4) is 0 Å².